The van der Waals surface area contributed by atoms with E-state index in [1.165, 1.54) is 18.2 Å². The normalized spacial score (nSPS) is 11.6. The van der Waals surface area contributed by atoms with E-state index in [1.54, 1.807) is 31.3 Å². The number of fused-ring (bicyclic) bond motifs is 1. The number of hydrogen-bond donors (Lipinski definition) is 2. The first kappa shape index (κ1) is 23.8. The topological polar surface area (TPSA) is 114 Å². The van der Waals surface area contributed by atoms with Crippen molar-refractivity contribution in [2.24, 2.45) is 0 Å². The molecule has 9 heteroatoms. The van der Waals surface area contributed by atoms with Crippen molar-refractivity contribution in [3.05, 3.63) is 111 Å². The van der Waals surface area contributed by atoms with Gasteiger partial charge in [0.25, 0.3) is 17.5 Å². The van der Waals surface area contributed by atoms with Crippen LogP contribution in [0.15, 0.2) is 79.0 Å². The van der Waals surface area contributed by atoms with Gasteiger partial charge in [-0.05, 0) is 55.3 Å². The number of para-hydroxylation sites is 1. The van der Waals surface area contributed by atoms with Crippen LogP contribution in [-0.4, -0.2) is 27.8 Å². The summed E-state index contributed by atoms with van der Waals surface area (Å²) in [5.74, 6) is -0.805. The fourth-order valence-electron chi connectivity index (χ4n) is 3.77. The maximum absolute atomic E-state index is 12.8. The van der Waals surface area contributed by atoms with Crippen LogP contribution in [0.4, 0.5) is 11.4 Å². The number of nitro groups is 1. The molecule has 0 bridgehead atoms. The molecule has 1 atom stereocenters. The van der Waals surface area contributed by atoms with Gasteiger partial charge in [0.05, 0.1) is 16.0 Å². The molecule has 3 aromatic carbocycles. The van der Waals surface area contributed by atoms with E-state index >= 15 is 0 Å². The second-order valence-corrected chi connectivity index (χ2v) is 8.46. The number of nitrogens with zero attached hydrogens (tertiary/aromatic N) is 2. The summed E-state index contributed by atoms with van der Waals surface area (Å²) in [4.78, 5) is 40.3. The number of aromatic nitrogens is 1. The Morgan fingerprint density at radius 2 is 1.74 bits per heavy atom. The van der Waals surface area contributed by atoms with Crippen LogP contribution in [-0.2, 0) is 6.42 Å². The Kier molecular flexibility index (Phi) is 7.03. The highest BCUT2D eigenvalue weighted by Gasteiger charge is 2.21. The number of nitrogens with one attached hydrogen (secondary N) is 2. The lowest BCUT2D eigenvalue weighted by atomic mass is 10.1. The van der Waals surface area contributed by atoms with Crippen molar-refractivity contribution in [3.8, 4) is 0 Å². The number of carbonyl (C=O) groups is 2. The third-order valence-corrected chi connectivity index (χ3v) is 5.66. The smallest absolute Gasteiger partial charge is 0.282 e. The van der Waals surface area contributed by atoms with Gasteiger partial charge in [0.15, 0.2) is 0 Å². The second kappa shape index (κ2) is 10.3. The van der Waals surface area contributed by atoms with Crippen molar-refractivity contribution < 1.29 is 14.5 Å². The molecule has 0 spiro atoms. The van der Waals surface area contributed by atoms with Gasteiger partial charge in [0.2, 0.25) is 0 Å². The highest BCUT2D eigenvalue weighted by Crippen LogP contribution is 2.23. The minimum atomic E-state index is -0.613. The van der Waals surface area contributed by atoms with E-state index in [1.807, 2.05) is 36.4 Å². The molecule has 0 aliphatic rings. The molecule has 176 valence electrons. The first-order chi connectivity index (χ1) is 16.8. The van der Waals surface area contributed by atoms with Crippen LogP contribution in [0.3, 0.4) is 0 Å². The number of nitro benzene ring substituents is 1. The molecule has 0 aliphatic carbocycles. The highest BCUT2D eigenvalue weighted by molar-refractivity contribution is 6.31. The summed E-state index contributed by atoms with van der Waals surface area (Å²) < 4.78 is 0. The van der Waals surface area contributed by atoms with Gasteiger partial charge in [-0.15, -0.1) is 0 Å². The number of anilines is 1. The average molecular weight is 489 g/mol. The van der Waals surface area contributed by atoms with Gasteiger partial charge in [-0.2, -0.15) is 0 Å². The van der Waals surface area contributed by atoms with Gasteiger partial charge in [-0.1, -0.05) is 41.9 Å². The van der Waals surface area contributed by atoms with E-state index in [4.69, 9.17) is 11.6 Å². The molecule has 2 N–H and O–H groups in total. The lowest BCUT2D eigenvalue weighted by Gasteiger charge is -2.15. The molecule has 4 aromatic rings. The quantitative estimate of drug-likeness (QED) is 0.266. The molecule has 1 aromatic heterocycles. The van der Waals surface area contributed by atoms with Crippen LogP contribution in [0.1, 0.15) is 33.2 Å². The molecule has 4 rings (SSSR count). The van der Waals surface area contributed by atoms with Crippen molar-refractivity contribution >= 4 is 45.7 Å². The van der Waals surface area contributed by atoms with Crippen molar-refractivity contribution in [1.82, 2.24) is 10.3 Å². The number of hydrogen-bond acceptors (Lipinski definition) is 5. The van der Waals surface area contributed by atoms with Crippen molar-refractivity contribution in [2.75, 3.05) is 5.32 Å². The Labute approximate surface area is 206 Å². The van der Waals surface area contributed by atoms with Crippen LogP contribution in [0.2, 0.25) is 5.02 Å². The van der Waals surface area contributed by atoms with Gasteiger partial charge in [0, 0.05) is 34.4 Å². The summed E-state index contributed by atoms with van der Waals surface area (Å²) in [7, 11) is 0. The van der Waals surface area contributed by atoms with Gasteiger partial charge in [-0.25, -0.2) is 0 Å². The summed E-state index contributed by atoms with van der Waals surface area (Å²) >= 11 is 5.91. The molecular weight excluding hydrogens is 468 g/mol. The summed E-state index contributed by atoms with van der Waals surface area (Å²) in [5.41, 5.74) is 2.44. The van der Waals surface area contributed by atoms with Crippen molar-refractivity contribution in [2.45, 2.75) is 19.4 Å². The molecule has 0 radical (unpaired) electrons. The van der Waals surface area contributed by atoms with E-state index in [2.05, 4.69) is 15.6 Å². The molecular formula is C26H21ClN4O4. The summed E-state index contributed by atoms with van der Waals surface area (Å²) in [5, 5.41) is 17.9. The molecule has 0 saturated heterocycles. The second-order valence-electron chi connectivity index (χ2n) is 8.02. The number of rotatable bonds is 7. The molecule has 0 fully saturated rings. The zero-order chi connectivity index (χ0) is 24.9. The predicted molar refractivity (Wildman–Crippen MR) is 135 cm³/mol. The zero-order valence-electron chi connectivity index (χ0n) is 18.7. The fourth-order valence-corrected chi connectivity index (χ4v) is 3.94. The number of benzene rings is 3. The van der Waals surface area contributed by atoms with Crippen molar-refractivity contribution in [3.63, 3.8) is 0 Å². The van der Waals surface area contributed by atoms with Crippen LogP contribution in [0.5, 0.6) is 0 Å². The Balaban J connectivity index is 1.39. The number of pyridine rings is 1. The number of amides is 2. The lowest BCUT2D eigenvalue weighted by Crippen LogP contribution is -2.34. The molecule has 8 nitrogen and oxygen atoms in total. The van der Waals surface area contributed by atoms with E-state index in [-0.39, 0.29) is 28.2 Å². The van der Waals surface area contributed by atoms with Crippen molar-refractivity contribution in [1.29, 1.82) is 0 Å². The van der Waals surface area contributed by atoms with Crippen LogP contribution < -0.4 is 10.6 Å². The average Bonchev–Trinajstić information content (AvgIpc) is 2.84. The Hall–Kier alpha value is -4.30. The van der Waals surface area contributed by atoms with Crippen LogP contribution in [0, 0.1) is 10.1 Å². The van der Waals surface area contributed by atoms with Gasteiger partial charge < -0.3 is 10.6 Å². The summed E-state index contributed by atoms with van der Waals surface area (Å²) in [6.45, 7) is 1.80. The number of halogens is 1. The van der Waals surface area contributed by atoms with E-state index in [0.717, 1.165) is 16.5 Å². The predicted octanol–water partition coefficient (Wildman–Crippen LogP) is 5.41. The molecule has 0 saturated carbocycles. The van der Waals surface area contributed by atoms with Crippen LogP contribution >= 0.6 is 11.6 Å². The van der Waals surface area contributed by atoms with E-state index in [0.29, 0.717) is 17.7 Å². The highest BCUT2D eigenvalue weighted by atomic mass is 35.5. The Morgan fingerprint density at radius 3 is 2.49 bits per heavy atom. The molecule has 1 heterocycles. The van der Waals surface area contributed by atoms with E-state index in [9.17, 15) is 19.7 Å². The summed E-state index contributed by atoms with van der Waals surface area (Å²) in [6.07, 6.45) is 2.09. The maximum atomic E-state index is 12.8. The fraction of sp³-hybridized carbons (Fsp3) is 0.115. The minimum absolute atomic E-state index is 0.0870. The van der Waals surface area contributed by atoms with Gasteiger partial charge >= 0.3 is 0 Å². The zero-order valence-corrected chi connectivity index (χ0v) is 19.5. The minimum Gasteiger partial charge on any atom is -0.349 e. The van der Waals surface area contributed by atoms with Gasteiger partial charge in [0.1, 0.15) is 5.56 Å². The lowest BCUT2D eigenvalue weighted by molar-refractivity contribution is -0.385. The third-order valence-electron chi connectivity index (χ3n) is 5.42. The molecule has 35 heavy (non-hydrogen) atoms. The Bertz CT molecular complexity index is 1420. The third kappa shape index (κ3) is 5.62. The first-order valence-electron chi connectivity index (χ1n) is 10.8. The monoisotopic (exact) mass is 488 g/mol. The van der Waals surface area contributed by atoms with Gasteiger partial charge in [-0.3, -0.25) is 24.7 Å². The first-order valence-corrected chi connectivity index (χ1v) is 11.2. The van der Waals surface area contributed by atoms with E-state index < -0.39 is 10.8 Å². The summed E-state index contributed by atoms with van der Waals surface area (Å²) in [6, 6.07) is 20.0. The maximum Gasteiger partial charge on any atom is 0.282 e. The molecule has 2 amide bonds. The Morgan fingerprint density at radius 1 is 1.00 bits per heavy atom. The standard InChI is InChI=1S/C26H21ClN4O4/c1-16(29-26(33)22-15-18(27)8-11-24(22)31(34)35)14-17-6-9-19(10-7-17)30-25(32)21-12-13-28-23-5-3-2-4-20(21)23/h2-13,15-16H,14H2,1H3,(H,29,33)(H,30,32). The number of carbonyl (C=O) groups excluding carboxylic acids is 2. The molecule has 1 unspecified atom stereocenters. The van der Waals surface area contributed by atoms with Crippen LogP contribution in [0.25, 0.3) is 10.9 Å². The molecule has 0 aliphatic heterocycles. The SMILES string of the molecule is CC(Cc1ccc(NC(=O)c2ccnc3ccccc23)cc1)NC(=O)c1cc(Cl)ccc1[N+](=O)[O-]. The largest absolute Gasteiger partial charge is 0.349 e.